The van der Waals surface area contributed by atoms with E-state index in [1.54, 1.807) is 12.1 Å². The Morgan fingerprint density at radius 2 is 2.19 bits per heavy atom. The van der Waals surface area contributed by atoms with Crippen LogP contribution in [-0.2, 0) is 0 Å². The minimum atomic E-state index is -0.669. The van der Waals surface area contributed by atoms with Gasteiger partial charge in [-0.1, -0.05) is 0 Å². The predicted octanol–water partition coefficient (Wildman–Crippen LogP) is 2.63. The van der Waals surface area contributed by atoms with Crippen LogP contribution in [0.5, 0.6) is 0 Å². The second-order valence-corrected chi connectivity index (χ2v) is 4.52. The van der Waals surface area contributed by atoms with E-state index < -0.39 is 17.8 Å². The van der Waals surface area contributed by atoms with E-state index in [2.05, 4.69) is 5.32 Å². The molecule has 1 amide bonds. The molecule has 0 saturated heterocycles. The van der Waals surface area contributed by atoms with Gasteiger partial charge in [0.25, 0.3) is 5.91 Å². The molecule has 2 N–H and O–H groups in total. The topological polar surface area (TPSA) is 75.6 Å². The quantitative estimate of drug-likeness (QED) is 0.774. The van der Waals surface area contributed by atoms with Crippen LogP contribution >= 0.6 is 0 Å². The lowest BCUT2D eigenvalue weighted by Crippen LogP contribution is -2.30. The zero-order chi connectivity index (χ0) is 14.8. The first-order chi connectivity index (χ1) is 10.2. The lowest BCUT2D eigenvalue weighted by atomic mass is 10.2. The number of hydrogen-bond acceptors (Lipinski definition) is 4. The monoisotopic (exact) mass is 289 g/mol. The Kier molecular flexibility index (Phi) is 3.45. The molecule has 0 aliphatic carbocycles. The number of furan rings is 2. The van der Waals surface area contributed by atoms with Gasteiger partial charge < -0.3 is 19.3 Å². The molecule has 3 rings (SSSR count). The van der Waals surface area contributed by atoms with Crippen LogP contribution in [0.4, 0.5) is 4.39 Å². The molecule has 1 atom stereocenters. The van der Waals surface area contributed by atoms with Gasteiger partial charge in [0.1, 0.15) is 23.2 Å². The molecule has 6 heteroatoms. The maximum atomic E-state index is 13.1. The highest BCUT2D eigenvalue weighted by atomic mass is 19.1. The summed E-state index contributed by atoms with van der Waals surface area (Å²) in [6, 6.07) is 8.08. The molecule has 2 heterocycles. The van der Waals surface area contributed by atoms with Crippen LogP contribution in [0.15, 0.2) is 51.5 Å². The van der Waals surface area contributed by atoms with Crippen molar-refractivity contribution >= 4 is 16.9 Å². The van der Waals surface area contributed by atoms with Gasteiger partial charge in [0, 0.05) is 5.39 Å². The van der Waals surface area contributed by atoms with Gasteiger partial charge >= 0.3 is 0 Å². The van der Waals surface area contributed by atoms with E-state index in [-0.39, 0.29) is 12.4 Å². The van der Waals surface area contributed by atoms with Gasteiger partial charge in [-0.05, 0) is 36.4 Å². The molecule has 21 heavy (non-hydrogen) atoms. The normalized spacial score (nSPS) is 12.5. The number of carbonyl (C=O) groups excluding carboxylic acids is 1. The van der Waals surface area contributed by atoms with E-state index in [9.17, 15) is 14.3 Å². The number of aliphatic hydroxyl groups is 1. The minimum Gasteiger partial charge on any atom is -0.467 e. The summed E-state index contributed by atoms with van der Waals surface area (Å²) in [6.07, 6.45) is 1.45. The van der Waals surface area contributed by atoms with Crippen molar-refractivity contribution in [1.29, 1.82) is 0 Å². The van der Waals surface area contributed by atoms with Gasteiger partial charge in [-0.15, -0.1) is 0 Å². The fraction of sp³-hybridized carbons (Fsp3) is 0.133. The van der Waals surface area contributed by atoms with Gasteiger partial charge in [-0.2, -0.15) is 0 Å². The molecule has 0 saturated carbocycles. The molecular formula is C15H12FNO4. The van der Waals surface area contributed by atoms with Crippen molar-refractivity contribution in [3.8, 4) is 0 Å². The van der Waals surface area contributed by atoms with Crippen molar-refractivity contribution in [3.63, 3.8) is 0 Å². The third kappa shape index (κ3) is 2.66. The summed E-state index contributed by atoms with van der Waals surface area (Å²) < 4.78 is 23.6. The molecule has 0 bridgehead atoms. The first-order valence-corrected chi connectivity index (χ1v) is 6.31. The third-order valence-electron chi connectivity index (χ3n) is 3.08. The van der Waals surface area contributed by atoms with E-state index >= 15 is 0 Å². The van der Waals surface area contributed by atoms with Gasteiger partial charge in [0.05, 0.1) is 12.9 Å². The number of aliphatic hydroxyl groups excluding tert-OH is 1. The Morgan fingerprint density at radius 1 is 1.33 bits per heavy atom. The predicted molar refractivity (Wildman–Crippen MR) is 72.2 cm³/mol. The van der Waals surface area contributed by atoms with Gasteiger partial charge in [0.2, 0.25) is 0 Å². The maximum Gasteiger partial charge on any atom is 0.287 e. The highest BCUT2D eigenvalue weighted by molar-refractivity contribution is 5.96. The van der Waals surface area contributed by atoms with Gasteiger partial charge in [0.15, 0.2) is 5.76 Å². The highest BCUT2D eigenvalue weighted by Crippen LogP contribution is 2.21. The summed E-state index contributed by atoms with van der Waals surface area (Å²) in [4.78, 5) is 12.1. The van der Waals surface area contributed by atoms with E-state index in [4.69, 9.17) is 8.83 Å². The average molecular weight is 289 g/mol. The summed E-state index contributed by atoms with van der Waals surface area (Å²) in [6.45, 7) is -0.311. The van der Waals surface area contributed by atoms with Gasteiger partial charge in [-0.3, -0.25) is 4.79 Å². The van der Waals surface area contributed by atoms with Crippen molar-refractivity contribution in [2.24, 2.45) is 0 Å². The van der Waals surface area contributed by atoms with Crippen LogP contribution in [0, 0.1) is 5.82 Å². The number of fused-ring (bicyclic) bond motifs is 1. The number of hydrogen-bond donors (Lipinski definition) is 2. The lowest BCUT2D eigenvalue weighted by Gasteiger charge is -2.12. The maximum absolute atomic E-state index is 13.1. The van der Waals surface area contributed by atoms with Crippen LogP contribution in [-0.4, -0.2) is 17.6 Å². The first kappa shape index (κ1) is 13.4. The van der Waals surface area contributed by atoms with Crippen LogP contribution < -0.4 is 5.32 Å². The Labute approximate surface area is 119 Å². The summed E-state index contributed by atoms with van der Waals surface area (Å²) >= 11 is 0. The largest absolute Gasteiger partial charge is 0.467 e. The Bertz CT molecular complexity index is 763. The second kappa shape index (κ2) is 5.41. The van der Waals surface area contributed by atoms with Crippen molar-refractivity contribution in [3.05, 3.63) is 60.0 Å². The number of benzene rings is 1. The smallest absolute Gasteiger partial charge is 0.287 e. The molecule has 0 aliphatic rings. The number of nitrogens with one attached hydrogen (secondary N) is 1. The molecule has 0 spiro atoms. The molecule has 0 aliphatic heterocycles. The van der Waals surface area contributed by atoms with E-state index in [1.807, 2.05) is 0 Å². The average Bonchev–Trinajstić information content (AvgIpc) is 3.12. The third-order valence-corrected chi connectivity index (χ3v) is 3.08. The molecule has 5 nitrogen and oxygen atoms in total. The Morgan fingerprint density at radius 3 is 2.90 bits per heavy atom. The van der Waals surface area contributed by atoms with Crippen LogP contribution in [0.2, 0.25) is 0 Å². The second-order valence-electron chi connectivity index (χ2n) is 4.52. The minimum absolute atomic E-state index is 0.0422. The molecule has 1 unspecified atom stereocenters. The number of halogens is 1. The van der Waals surface area contributed by atoms with Crippen LogP contribution in [0.1, 0.15) is 22.4 Å². The van der Waals surface area contributed by atoms with Crippen molar-refractivity contribution in [2.75, 3.05) is 6.61 Å². The lowest BCUT2D eigenvalue weighted by molar-refractivity contribution is 0.0881. The number of carbonyl (C=O) groups is 1. The zero-order valence-electron chi connectivity index (χ0n) is 10.9. The molecule has 1 aromatic carbocycles. The molecule has 0 radical (unpaired) electrons. The summed E-state index contributed by atoms with van der Waals surface area (Å²) in [5.74, 6) is -0.435. The van der Waals surface area contributed by atoms with Crippen molar-refractivity contribution < 1.29 is 23.1 Å². The van der Waals surface area contributed by atoms with Crippen LogP contribution in [0.25, 0.3) is 11.0 Å². The molecule has 3 aromatic rings. The SMILES string of the molecule is O=C(NC(CO)c1ccco1)c1cc2cc(F)ccc2o1. The fourth-order valence-electron chi connectivity index (χ4n) is 2.05. The van der Waals surface area contributed by atoms with Crippen molar-refractivity contribution in [1.82, 2.24) is 5.32 Å². The standard InChI is InChI=1S/C15H12FNO4/c16-10-3-4-12-9(6-10)7-14(21-12)15(19)17-11(8-18)13-2-1-5-20-13/h1-7,11,18H,8H2,(H,17,19). The Balaban J connectivity index is 1.83. The molecule has 2 aromatic heterocycles. The van der Waals surface area contributed by atoms with Crippen molar-refractivity contribution in [2.45, 2.75) is 6.04 Å². The molecule has 108 valence electrons. The van der Waals surface area contributed by atoms with E-state index in [1.165, 1.54) is 30.5 Å². The van der Waals surface area contributed by atoms with E-state index in [0.29, 0.717) is 16.7 Å². The summed E-state index contributed by atoms with van der Waals surface area (Å²) in [5.41, 5.74) is 0.417. The zero-order valence-corrected chi connectivity index (χ0v) is 10.9. The highest BCUT2D eigenvalue weighted by Gasteiger charge is 2.19. The fourth-order valence-corrected chi connectivity index (χ4v) is 2.05. The Hall–Kier alpha value is -2.60. The molecule has 0 fully saturated rings. The van der Waals surface area contributed by atoms with E-state index in [0.717, 1.165) is 0 Å². The summed E-state index contributed by atoms with van der Waals surface area (Å²) in [7, 11) is 0. The first-order valence-electron chi connectivity index (χ1n) is 6.31. The van der Waals surface area contributed by atoms with Crippen LogP contribution in [0.3, 0.4) is 0 Å². The summed E-state index contributed by atoms with van der Waals surface area (Å²) in [5, 5.41) is 12.4. The number of amides is 1. The molecular weight excluding hydrogens is 277 g/mol. The van der Waals surface area contributed by atoms with Gasteiger partial charge in [-0.25, -0.2) is 4.39 Å². The number of rotatable bonds is 4.